The molecule has 0 aromatic carbocycles. The van der Waals surface area contributed by atoms with Crippen molar-refractivity contribution in [1.82, 2.24) is 0 Å². The molecule has 0 fully saturated rings. The Morgan fingerprint density at radius 2 is 2.50 bits per heavy atom. The van der Waals surface area contributed by atoms with Crippen LogP contribution in [0.5, 0.6) is 0 Å². The van der Waals surface area contributed by atoms with Crippen LogP contribution in [-0.2, 0) is 0 Å². The van der Waals surface area contributed by atoms with Gasteiger partial charge in [-0.05, 0) is 12.0 Å². The number of allylic oxidation sites excluding steroid dienone is 4. The fraction of sp³-hybridized carbons (Fsp3) is 0.333. The van der Waals surface area contributed by atoms with Crippen molar-refractivity contribution in [3.8, 4) is 0 Å². The van der Waals surface area contributed by atoms with Gasteiger partial charge in [0.2, 0.25) is 0 Å². The lowest BCUT2D eigenvalue weighted by atomic mass is 10.2. The van der Waals surface area contributed by atoms with E-state index in [4.69, 9.17) is 0 Å². The predicted molar refractivity (Wildman–Crippen MR) is 26.1 cm³/mol. The topological polar surface area (TPSA) is 0 Å². The molecule has 1 atom stereocenters. The summed E-state index contributed by atoms with van der Waals surface area (Å²) in [4.78, 5) is 0. The van der Waals surface area contributed by atoms with Gasteiger partial charge in [-0.15, -0.1) is 0 Å². The Hall–Kier alpha value is -0.520. The maximum absolute atomic E-state index is 2.97. The molecule has 6 heavy (non-hydrogen) atoms. The third-order valence-electron chi connectivity index (χ3n) is 0.855. The van der Waals surface area contributed by atoms with E-state index in [2.05, 4.69) is 19.1 Å². The number of hydrogen-bond acceptors (Lipinski definition) is 0. The van der Waals surface area contributed by atoms with Crippen LogP contribution in [0.25, 0.3) is 0 Å². The predicted octanol–water partition coefficient (Wildman–Crippen LogP) is 1.55. The van der Waals surface area contributed by atoms with Crippen LogP contribution in [0.3, 0.4) is 0 Å². The van der Waals surface area contributed by atoms with Gasteiger partial charge < -0.3 is 0 Å². The van der Waals surface area contributed by atoms with Crippen molar-refractivity contribution in [1.29, 1.82) is 0 Å². The van der Waals surface area contributed by atoms with E-state index in [1.807, 2.05) is 12.2 Å². The van der Waals surface area contributed by atoms with Gasteiger partial charge in [-0.25, -0.2) is 0 Å². The van der Waals surface area contributed by atoms with E-state index in [1.54, 1.807) is 0 Å². The fourth-order valence-corrected chi connectivity index (χ4v) is 0.470. The fourth-order valence-electron chi connectivity index (χ4n) is 0.470. The van der Waals surface area contributed by atoms with Crippen LogP contribution in [0.1, 0.15) is 6.92 Å². The third-order valence-corrected chi connectivity index (χ3v) is 0.855. The molecular formula is C6H7. The van der Waals surface area contributed by atoms with Gasteiger partial charge in [-0.3, -0.25) is 0 Å². The molecular weight excluding hydrogens is 72.1 g/mol. The van der Waals surface area contributed by atoms with E-state index >= 15 is 0 Å². The van der Waals surface area contributed by atoms with E-state index in [1.165, 1.54) is 0 Å². The van der Waals surface area contributed by atoms with Crippen LogP contribution in [0, 0.1) is 12.0 Å². The number of hydrogen-bond donors (Lipinski definition) is 0. The van der Waals surface area contributed by atoms with Gasteiger partial charge in [0.1, 0.15) is 0 Å². The van der Waals surface area contributed by atoms with Gasteiger partial charge in [0.05, 0.1) is 0 Å². The van der Waals surface area contributed by atoms with Gasteiger partial charge in [-0.1, -0.05) is 25.2 Å². The molecule has 0 heterocycles. The zero-order valence-corrected chi connectivity index (χ0v) is 3.81. The van der Waals surface area contributed by atoms with Crippen LogP contribution < -0.4 is 0 Å². The molecule has 0 aromatic heterocycles. The molecule has 0 amide bonds. The number of rotatable bonds is 0. The van der Waals surface area contributed by atoms with Crippen LogP contribution in [-0.4, -0.2) is 0 Å². The first-order chi connectivity index (χ1) is 2.89. The quantitative estimate of drug-likeness (QED) is 0.413. The van der Waals surface area contributed by atoms with E-state index in [0.717, 1.165) is 0 Å². The van der Waals surface area contributed by atoms with Crippen molar-refractivity contribution in [2.24, 2.45) is 5.92 Å². The molecule has 0 aromatic rings. The average Bonchev–Trinajstić information content (AvgIpc) is 1.86. The summed E-state index contributed by atoms with van der Waals surface area (Å²) in [5.74, 6) is 0.630. The third kappa shape index (κ3) is 0.510. The summed E-state index contributed by atoms with van der Waals surface area (Å²) in [6.45, 7) is 2.14. The summed E-state index contributed by atoms with van der Waals surface area (Å²) in [6.07, 6.45) is 9.07. The monoisotopic (exact) mass is 79.1 g/mol. The second kappa shape index (κ2) is 1.29. The molecule has 0 heteroatoms. The Morgan fingerprint density at radius 1 is 1.67 bits per heavy atom. The van der Waals surface area contributed by atoms with Crippen LogP contribution in [0.4, 0.5) is 0 Å². The lowest BCUT2D eigenvalue weighted by Crippen LogP contribution is -1.72. The van der Waals surface area contributed by atoms with Crippen LogP contribution in [0.2, 0.25) is 0 Å². The standard InChI is InChI=1S/C6H7/c1-6-4-2-3-5-6/h2,4-6H,1H3. The molecule has 1 aliphatic rings. The first-order valence-electron chi connectivity index (χ1n) is 2.15. The smallest absolute Gasteiger partial charge is 0.00693 e. The van der Waals surface area contributed by atoms with Gasteiger partial charge in [0, 0.05) is 0 Å². The SMILES string of the molecule is CC1C=[C]C=C1. The van der Waals surface area contributed by atoms with Gasteiger partial charge in [0.25, 0.3) is 0 Å². The van der Waals surface area contributed by atoms with Crippen molar-refractivity contribution >= 4 is 0 Å². The van der Waals surface area contributed by atoms with E-state index < -0.39 is 0 Å². The Morgan fingerprint density at radius 3 is 2.67 bits per heavy atom. The highest BCUT2D eigenvalue weighted by atomic mass is 14.0. The maximum atomic E-state index is 2.97. The van der Waals surface area contributed by atoms with Crippen molar-refractivity contribution < 1.29 is 0 Å². The average molecular weight is 79.1 g/mol. The second-order valence-electron chi connectivity index (χ2n) is 1.55. The molecule has 1 rings (SSSR count). The summed E-state index contributed by atoms with van der Waals surface area (Å²) in [5.41, 5.74) is 0. The molecule has 0 bridgehead atoms. The minimum absolute atomic E-state index is 0.630. The summed E-state index contributed by atoms with van der Waals surface area (Å²) < 4.78 is 0. The lowest BCUT2D eigenvalue weighted by molar-refractivity contribution is 0.957. The van der Waals surface area contributed by atoms with Gasteiger partial charge in [0.15, 0.2) is 0 Å². The molecule has 0 saturated heterocycles. The first-order valence-corrected chi connectivity index (χ1v) is 2.15. The molecule has 1 unspecified atom stereocenters. The first kappa shape index (κ1) is 3.66. The van der Waals surface area contributed by atoms with Crippen LogP contribution in [0.15, 0.2) is 18.2 Å². The Kier molecular flexibility index (Phi) is 0.789. The highest BCUT2D eigenvalue weighted by molar-refractivity contribution is 5.10. The molecule has 31 valence electrons. The molecule has 0 nitrogen and oxygen atoms in total. The molecule has 1 radical (unpaired) electrons. The van der Waals surface area contributed by atoms with E-state index in [-0.39, 0.29) is 0 Å². The van der Waals surface area contributed by atoms with Crippen molar-refractivity contribution in [2.75, 3.05) is 0 Å². The highest BCUT2D eigenvalue weighted by Gasteiger charge is 1.90. The summed E-state index contributed by atoms with van der Waals surface area (Å²) in [6, 6.07) is 0. The summed E-state index contributed by atoms with van der Waals surface area (Å²) >= 11 is 0. The minimum atomic E-state index is 0.630. The normalized spacial score (nSPS) is 20.2. The van der Waals surface area contributed by atoms with Crippen molar-refractivity contribution in [3.05, 3.63) is 24.3 Å². The molecule has 0 spiro atoms. The highest BCUT2D eigenvalue weighted by Crippen LogP contribution is 2.04. The molecule has 0 saturated carbocycles. The molecule has 0 N–H and O–H groups in total. The van der Waals surface area contributed by atoms with E-state index in [0.29, 0.717) is 5.92 Å². The zero-order chi connectivity index (χ0) is 4.41. The van der Waals surface area contributed by atoms with Crippen LogP contribution >= 0.6 is 0 Å². The Bertz CT molecular complexity index is 76.2. The van der Waals surface area contributed by atoms with Crippen molar-refractivity contribution in [2.45, 2.75) is 6.92 Å². The summed E-state index contributed by atoms with van der Waals surface area (Å²) in [5, 5.41) is 0. The Labute approximate surface area is 38.2 Å². The molecule has 1 aliphatic carbocycles. The van der Waals surface area contributed by atoms with E-state index in [9.17, 15) is 0 Å². The minimum Gasteiger partial charge on any atom is -0.0773 e. The van der Waals surface area contributed by atoms with Crippen molar-refractivity contribution in [3.63, 3.8) is 0 Å². The maximum Gasteiger partial charge on any atom is -0.00693 e. The second-order valence-corrected chi connectivity index (χ2v) is 1.55. The van der Waals surface area contributed by atoms with Gasteiger partial charge >= 0.3 is 0 Å². The zero-order valence-electron chi connectivity index (χ0n) is 3.81. The molecule has 0 aliphatic heterocycles. The summed E-state index contributed by atoms with van der Waals surface area (Å²) in [7, 11) is 0. The van der Waals surface area contributed by atoms with Gasteiger partial charge in [-0.2, -0.15) is 0 Å². The largest absolute Gasteiger partial charge is 0.0773 e. The lowest BCUT2D eigenvalue weighted by Gasteiger charge is -1.83. The Balaban J connectivity index is 2.60.